The van der Waals surface area contributed by atoms with Crippen molar-refractivity contribution in [2.45, 2.75) is 45.7 Å². The minimum Gasteiger partial charge on any atom is -0.299 e. The van der Waals surface area contributed by atoms with E-state index in [2.05, 4.69) is 13.0 Å². The van der Waals surface area contributed by atoms with Crippen molar-refractivity contribution < 1.29 is 14.0 Å². The quantitative estimate of drug-likeness (QED) is 0.639. The summed E-state index contributed by atoms with van der Waals surface area (Å²) in [6, 6.07) is 0. The van der Waals surface area contributed by atoms with Crippen LogP contribution in [0.25, 0.3) is 0 Å². The molecule has 3 heteroatoms. The summed E-state index contributed by atoms with van der Waals surface area (Å²) in [7, 11) is 0. The van der Waals surface area contributed by atoms with Crippen molar-refractivity contribution in [1.82, 2.24) is 0 Å². The van der Waals surface area contributed by atoms with Crippen LogP contribution in [0.3, 0.4) is 0 Å². The van der Waals surface area contributed by atoms with E-state index in [9.17, 15) is 14.0 Å². The number of allylic oxidation sites excluding steroid dienone is 6. The average Bonchev–Trinajstić information content (AvgIpc) is 2.77. The molecule has 4 aliphatic carbocycles. The molecule has 1 unspecified atom stereocenters. The molecule has 2 saturated carbocycles. The van der Waals surface area contributed by atoms with Gasteiger partial charge in [0, 0.05) is 17.3 Å². The first-order valence-electron chi connectivity index (χ1n) is 8.19. The first kappa shape index (κ1) is 14.1. The highest BCUT2D eigenvalue weighted by Crippen LogP contribution is 2.61. The van der Waals surface area contributed by atoms with Crippen LogP contribution in [0.15, 0.2) is 35.5 Å². The maximum Gasteiger partial charge on any atom is 0.178 e. The molecule has 0 bridgehead atoms. The van der Waals surface area contributed by atoms with Crippen LogP contribution in [0.1, 0.15) is 39.5 Å². The first-order valence-corrected chi connectivity index (χ1v) is 8.19. The minimum absolute atomic E-state index is 0.120. The molecule has 4 rings (SSSR count). The van der Waals surface area contributed by atoms with Gasteiger partial charge in [-0.2, -0.15) is 0 Å². The summed E-state index contributed by atoms with van der Waals surface area (Å²) >= 11 is 0. The molecule has 0 N–H and O–H groups in total. The molecule has 0 aromatic heterocycles. The fraction of sp³-hybridized carbons (Fsp3) is 0.579. The van der Waals surface area contributed by atoms with E-state index in [1.807, 2.05) is 13.0 Å². The van der Waals surface area contributed by atoms with Crippen LogP contribution in [0.5, 0.6) is 0 Å². The molecule has 0 radical (unpaired) electrons. The Bertz CT molecular complexity index is 671. The molecule has 2 nitrogen and oxygen atoms in total. The number of carbonyl (C=O) groups excluding carboxylic acids is 2. The fourth-order valence-corrected chi connectivity index (χ4v) is 5.31. The second kappa shape index (κ2) is 4.27. The van der Waals surface area contributed by atoms with Crippen LogP contribution >= 0.6 is 0 Å². The molecule has 5 atom stereocenters. The predicted octanol–water partition coefficient (Wildman–Crippen LogP) is 3.73. The van der Waals surface area contributed by atoms with Gasteiger partial charge in [0.2, 0.25) is 0 Å². The van der Waals surface area contributed by atoms with Gasteiger partial charge in [0.15, 0.2) is 5.78 Å². The lowest BCUT2D eigenvalue weighted by Gasteiger charge is -2.51. The summed E-state index contributed by atoms with van der Waals surface area (Å²) in [5.41, 5.74) is 1.05. The van der Waals surface area contributed by atoms with Crippen molar-refractivity contribution in [3.05, 3.63) is 35.5 Å². The summed E-state index contributed by atoms with van der Waals surface area (Å²) in [4.78, 5) is 23.9. The van der Waals surface area contributed by atoms with E-state index < -0.39 is 11.6 Å². The Balaban J connectivity index is 1.83. The zero-order valence-electron chi connectivity index (χ0n) is 13.1. The number of alkyl halides is 1. The van der Waals surface area contributed by atoms with Crippen molar-refractivity contribution in [3.63, 3.8) is 0 Å². The highest BCUT2D eigenvalue weighted by Gasteiger charge is 2.57. The fourth-order valence-electron chi connectivity index (χ4n) is 5.31. The van der Waals surface area contributed by atoms with Gasteiger partial charge in [-0.3, -0.25) is 9.59 Å². The van der Waals surface area contributed by atoms with Gasteiger partial charge in [0.1, 0.15) is 12.0 Å². The van der Waals surface area contributed by atoms with Gasteiger partial charge in [-0.1, -0.05) is 24.6 Å². The first-order chi connectivity index (χ1) is 10.4. The van der Waals surface area contributed by atoms with Crippen molar-refractivity contribution in [2.75, 3.05) is 0 Å². The third kappa shape index (κ3) is 1.60. The number of rotatable bonds is 0. The van der Waals surface area contributed by atoms with Crippen LogP contribution in [-0.4, -0.2) is 17.7 Å². The molecule has 0 heterocycles. The van der Waals surface area contributed by atoms with Gasteiger partial charge in [-0.15, -0.1) is 0 Å². The van der Waals surface area contributed by atoms with Crippen LogP contribution in [-0.2, 0) is 9.59 Å². The molecule has 0 aromatic carbocycles. The lowest BCUT2D eigenvalue weighted by atomic mass is 9.53. The number of hydrogen-bond acceptors (Lipinski definition) is 2. The normalized spacial score (nSPS) is 46.6. The third-order valence-corrected chi connectivity index (χ3v) is 6.65. The van der Waals surface area contributed by atoms with Gasteiger partial charge in [-0.25, -0.2) is 4.39 Å². The zero-order chi connectivity index (χ0) is 15.7. The molecule has 116 valence electrons. The third-order valence-electron chi connectivity index (χ3n) is 6.65. The zero-order valence-corrected chi connectivity index (χ0v) is 13.1. The lowest BCUT2D eigenvalue weighted by molar-refractivity contribution is -0.127. The number of hydrogen-bond donors (Lipinski definition) is 0. The predicted molar refractivity (Wildman–Crippen MR) is 81.9 cm³/mol. The maximum atomic E-state index is 14.8. The Morgan fingerprint density at radius 1 is 1.23 bits per heavy atom. The van der Waals surface area contributed by atoms with Crippen LogP contribution in [0, 0.1) is 22.7 Å². The maximum absolute atomic E-state index is 14.8. The standard InChI is InChI=1S/C19H21FO2/c1-18-7-5-11(21)9-15(18)16(20)10-12-13-3-4-17(22)19(13,2)8-6-14(12)18/h5-7,9,12-13,16H,3-4,8,10H2,1-2H3/t12-,13-,16?,18+,19-/m0/s1. The summed E-state index contributed by atoms with van der Waals surface area (Å²) in [5.74, 6) is 0.595. The Kier molecular flexibility index (Phi) is 2.74. The molecule has 0 aliphatic heterocycles. The molecule has 22 heavy (non-hydrogen) atoms. The van der Waals surface area contributed by atoms with Crippen LogP contribution < -0.4 is 0 Å². The van der Waals surface area contributed by atoms with E-state index in [-0.39, 0.29) is 23.0 Å². The van der Waals surface area contributed by atoms with Crippen molar-refractivity contribution in [3.8, 4) is 0 Å². The Morgan fingerprint density at radius 3 is 2.77 bits per heavy atom. The van der Waals surface area contributed by atoms with E-state index in [0.717, 1.165) is 12.8 Å². The summed E-state index contributed by atoms with van der Waals surface area (Å²) in [6.07, 6.45) is 8.68. The number of carbonyl (C=O) groups is 2. The van der Waals surface area contributed by atoms with Crippen molar-refractivity contribution in [1.29, 1.82) is 0 Å². The molecule has 0 aromatic rings. The second-order valence-corrected chi connectivity index (χ2v) is 7.70. The number of ketones is 2. The second-order valence-electron chi connectivity index (χ2n) is 7.70. The highest BCUT2D eigenvalue weighted by molar-refractivity contribution is 6.01. The monoisotopic (exact) mass is 300 g/mol. The summed E-state index contributed by atoms with van der Waals surface area (Å²) in [6.45, 7) is 4.08. The molecular formula is C19H21FO2. The Morgan fingerprint density at radius 2 is 2.00 bits per heavy atom. The molecule has 0 saturated heterocycles. The molecule has 0 amide bonds. The smallest absolute Gasteiger partial charge is 0.178 e. The molecule has 2 fully saturated rings. The number of halogens is 1. The van der Waals surface area contributed by atoms with E-state index in [4.69, 9.17) is 0 Å². The highest BCUT2D eigenvalue weighted by atomic mass is 19.1. The van der Waals surface area contributed by atoms with E-state index in [1.54, 1.807) is 6.08 Å². The van der Waals surface area contributed by atoms with Crippen LogP contribution in [0.2, 0.25) is 0 Å². The minimum atomic E-state index is -1.08. The Labute approximate surface area is 130 Å². The molecule has 0 spiro atoms. The van der Waals surface area contributed by atoms with E-state index in [0.29, 0.717) is 24.2 Å². The molecular weight excluding hydrogens is 279 g/mol. The van der Waals surface area contributed by atoms with Gasteiger partial charge >= 0.3 is 0 Å². The Hall–Kier alpha value is -1.51. The van der Waals surface area contributed by atoms with Gasteiger partial charge < -0.3 is 0 Å². The van der Waals surface area contributed by atoms with Crippen LogP contribution in [0.4, 0.5) is 4.39 Å². The van der Waals surface area contributed by atoms with Gasteiger partial charge in [-0.05, 0) is 55.7 Å². The summed E-state index contributed by atoms with van der Waals surface area (Å²) < 4.78 is 14.8. The number of fused-ring (bicyclic) bond motifs is 5. The van der Waals surface area contributed by atoms with Gasteiger partial charge in [0.25, 0.3) is 0 Å². The van der Waals surface area contributed by atoms with Gasteiger partial charge in [0.05, 0.1) is 0 Å². The van der Waals surface area contributed by atoms with E-state index >= 15 is 0 Å². The lowest BCUT2D eigenvalue weighted by Crippen LogP contribution is -2.46. The SMILES string of the molecule is C[C@]12C=CC(=O)C=C1C(F)C[C@@H]1C2=CC[C@]2(C)C(=O)CC[C@@H]12. The van der Waals surface area contributed by atoms with Crippen molar-refractivity contribution >= 4 is 11.6 Å². The van der Waals surface area contributed by atoms with Crippen molar-refractivity contribution in [2.24, 2.45) is 22.7 Å². The summed E-state index contributed by atoms with van der Waals surface area (Å²) in [5, 5.41) is 0. The molecule has 4 aliphatic rings. The largest absolute Gasteiger partial charge is 0.299 e. The van der Waals surface area contributed by atoms with E-state index in [1.165, 1.54) is 11.6 Å². The average molecular weight is 300 g/mol. The number of Topliss-reactive ketones (excluding diaryl/α,β-unsaturated/α-hetero) is 1. The topological polar surface area (TPSA) is 34.1 Å².